The second-order valence-electron chi connectivity index (χ2n) is 8.83. The van der Waals surface area contributed by atoms with Crippen LogP contribution < -0.4 is 10.1 Å². The molecule has 182 valence electrons. The van der Waals surface area contributed by atoms with Crippen LogP contribution in [0.5, 0.6) is 5.75 Å². The zero-order chi connectivity index (χ0) is 24.9. The van der Waals surface area contributed by atoms with E-state index < -0.39 is 10.0 Å². The maximum atomic E-state index is 13.2. The van der Waals surface area contributed by atoms with Crippen LogP contribution in [0.15, 0.2) is 58.8 Å². The summed E-state index contributed by atoms with van der Waals surface area (Å²) in [5, 5.41) is 5.08. The average Bonchev–Trinajstić information content (AvgIpc) is 3.26. The fourth-order valence-corrected chi connectivity index (χ4v) is 5.97. The SMILES string of the molecule is COc1ccccc1-c1csc(NC(=O)c2ccc(S(=O)(=O)N(CC(C)C)CC(C)C)cc2)n1. The van der Waals surface area contributed by atoms with Gasteiger partial charge in [0.2, 0.25) is 10.0 Å². The van der Waals surface area contributed by atoms with Crippen LogP contribution in [0.25, 0.3) is 11.3 Å². The predicted octanol–water partition coefficient (Wildman–Crippen LogP) is 5.37. The van der Waals surface area contributed by atoms with Gasteiger partial charge in [-0.1, -0.05) is 39.8 Å². The minimum absolute atomic E-state index is 0.179. The predicted molar refractivity (Wildman–Crippen MR) is 137 cm³/mol. The molecule has 3 rings (SSSR count). The number of hydrogen-bond donors (Lipinski definition) is 1. The van der Waals surface area contributed by atoms with Crippen molar-refractivity contribution < 1.29 is 17.9 Å². The van der Waals surface area contributed by atoms with Gasteiger partial charge in [-0.15, -0.1) is 11.3 Å². The van der Waals surface area contributed by atoms with Crippen molar-refractivity contribution in [2.24, 2.45) is 11.8 Å². The van der Waals surface area contributed by atoms with Crippen molar-refractivity contribution in [3.05, 3.63) is 59.5 Å². The number of sulfonamides is 1. The number of thiazole rings is 1. The summed E-state index contributed by atoms with van der Waals surface area (Å²) in [4.78, 5) is 17.4. The Labute approximate surface area is 205 Å². The summed E-state index contributed by atoms with van der Waals surface area (Å²) in [6, 6.07) is 13.6. The molecule has 9 heteroatoms. The minimum Gasteiger partial charge on any atom is -0.496 e. The van der Waals surface area contributed by atoms with Gasteiger partial charge in [-0.2, -0.15) is 4.31 Å². The average molecular weight is 502 g/mol. The summed E-state index contributed by atoms with van der Waals surface area (Å²) >= 11 is 1.31. The molecule has 0 aliphatic carbocycles. The fraction of sp³-hybridized carbons (Fsp3) is 0.360. The first-order chi connectivity index (χ1) is 16.1. The summed E-state index contributed by atoms with van der Waals surface area (Å²) in [7, 11) is -2.05. The number of aromatic nitrogens is 1. The summed E-state index contributed by atoms with van der Waals surface area (Å²) in [6.07, 6.45) is 0. The number of nitrogens with zero attached hydrogens (tertiary/aromatic N) is 2. The van der Waals surface area contributed by atoms with E-state index in [0.717, 1.165) is 5.56 Å². The molecule has 1 aromatic heterocycles. The zero-order valence-corrected chi connectivity index (χ0v) is 21.7. The smallest absolute Gasteiger partial charge is 0.257 e. The third-order valence-electron chi connectivity index (χ3n) is 5.00. The molecule has 1 amide bonds. The molecule has 0 bridgehead atoms. The van der Waals surface area contributed by atoms with E-state index in [0.29, 0.717) is 35.2 Å². The summed E-state index contributed by atoms with van der Waals surface area (Å²) < 4.78 is 33.2. The second kappa shape index (κ2) is 11.1. The molecule has 1 N–H and O–H groups in total. The number of benzene rings is 2. The van der Waals surface area contributed by atoms with Crippen LogP contribution in [-0.2, 0) is 10.0 Å². The molecule has 0 radical (unpaired) electrons. The number of carbonyl (C=O) groups is 1. The topological polar surface area (TPSA) is 88.6 Å². The molecule has 0 saturated heterocycles. The first-order valence-corrected chi connectivity index (χ1v) is 13.4. The van der Waals surface area contributed by atoms with E-state index in [1.807, 2.05) is 57.3 Å². The molecule has 0 aliphatic heterocycles. The fourth-order valence-electron chi connectivity index (χ4n) is 3.49. The number of rotatable bonds is 10. The molecule has 0 saturated carbocycles. The number of para-hydroxylation sites is 1. The number of carbonyl (C=O) groups excluding carboxylic acids is 1. The van der Waals surface area contributed by atoms with Gasteiger partial charge in [0, 0.05) is 29.6 Å². The Morgan fingerprint density at radius 3 is 2.24 bits per heavy atom. The molecule has 3 aromatic rings. The van der Waals surface area contributed by atoms with Crippen molar-refractivity contribution in [1.82, 2.24) is 9.29 Å². The van der Waals surface area contributed by atoms with Crippen LogP contribution in [0, 0.1) is 11.8 Å². The van der Waals surface area contributed by atoms with Gasteiger partial charge in [-0.25, -0.2) is 13.4 Å². The number of methoxy groups -OCH3 is 1. The Bertz CT molecular complexity index is 1210. The normalized spacial score (nSPS) is 11.9. The standard InChI is InChI=1S/C25H31N3O4S2/c1-17(2)14-28(15-18(3)4)34(30,31)20-12-10-19(11-13-20)24(29)27-25-26-22(16-33-25)21-8-6-7-9-23(21)32-5/h6-13,16-18H,14-15H2,1-5H3,(H,26,27,29). The number of ether oxygens (including phenoxy) is 1. The quantitative estimate of drug-likeness (QED) is 0.403. The highest BCUT2D eigenvalue weighted by Crippen LogP contribution is 2.32. The third-order valence-corrected chi connectivity index (χ3v) is 7.60. The second-order valence-corrected chi connectivity index (χ2v) is 11.6. The highest BCUT2D eigenvalue weighted by atomic mass is 32.2. The van der Waals surface area contributed by atoms with Gasteiger partial charge in [0.25, 0.3) is 5.91 Å². The highest BCUT2D eigenvalue weighted by Gasteiger charge is 2.26. The van der Waals surface area contributed by atoms with Crippen LogP contribution in [0.4, 0.5) is 5.13 Å². The van der Waals surface area contributed by atoms with Gasteiger partial charge in [-0.3, -0.25) is 10.1 Å². The Balaban J connectivity index is 1.75. The van der Waals surface area contributed by atoms with Crippen molar-refractivity contribution in [1.29, 1.82) is 0 Å². The van der Waals surface area contributed by atoms with Crippen LogP contribution in [0.2, 0.25) is 0 Å². The maximum absolute atomic E-state index is 13.2. The van der Waals surface area contributed by atoms with E-state index in [1.165, 1.54) is 39.9 Å². The summed E-state index contributed by atoms with van der Waals surface area (Å²) in [6.45, 7) is 8.87. The number of amides is 1. The molecule has 7 nitrogen and oxygen atoms in total. The van der Waals surface area contributed by atoms with Gasteiger partial charge in [0.05, 0.1) is 17.7 Å². The van der Waals surface area contributed by atoms with Crippen LogP contribution in [-0.4, -0.2) is 43.8 Å². The van der Waals surface area contributed by atoms with Crippen LogP contribution in [0.1, 0.15) is 38.1 Å². The lowest BCUT2D eigenvalue weighted by atomic mass is 10.1. The van der Waals surface area contributed by atoms with E-state index >= 15 is 0 Å². The van der Waals surface area contributed by atoms with Crippen molar-refractivity contribution in [2.45, 2.75) is 32.6 Å². The zero-order valence-electron chi connectivity index (χ0n) is 20.1. The maximum Gasteiger partial charge on any atom is 0.257 e. The summed E-state index contributed by atoms with van der Waals surface area (Å²) in [5.41, 5.74) is 1.89. The molecule has 0 fully saturated rings. The Kier molecular flexibility index (Phi) is 8.46. The Morgan fingerprint density at radius 2 is 1.65 bits per heavy atom. The molecular formula is C25H31N3O4S2. The van der Waals surface area contributed by atoms with Gasteiger partial charge >= 0.3 is 0 Å². The molecule has 0 atom stereocenters. The molecule has 0 aliphatic rings. The largest absolute Gasteiger partial charge is 0.496 e. The molecule has 0 unspecified atom stereocenters. The van der Waals surface area contributed by atoms with Crippen molar-refractivity contribution >= 4 is 32.4 Å². The minimum atomic E-state index is -3.65. The number of hydrogen-bond acceptors (Lipinski definition) is 6. The van der Waals surface area contributed by atoms with Gasteiger partial charge < -0.3 is 4.74 Å². The van der Waals surface area contributed by atoms with E-state index in [2.05, 4.69) is 10.3 Å². The molecule has 34 heavy (non-hydrogen) atoms. The van der Waals surface area contributed by atoms with E-state index in [1.54, 1.807) is 7.11 Å². The van der Waals surface area contributed by atoms with Crippen molar-refractivity contribution in [3.8, 4) is 17.0 Å². The Hall–Kier alpha value is -2.75. The lowest BCUT2D eigenvalue weighted by Crippen LogP contribution is -2.37. The van der Waals surface area contributed by atoms with Gasteiger partial charge in [0.1, 0.15) is 5.75 Å². The first kappa shape index (κ1) is 25.9. The van der Waals surface area contributed by atoms with E-state index in [4.69, 9.17) is 4.74 Å². The third kappa shape index (κ3) is 6.22. The van der Waals surface area contributed by atoms with Gasteiger partial charge in [0.15, 0.2) is 5.13 Å². The first-order valence-electron chi connectivity index (χ1n) is 11.1. The lowest BCUT2D eigenvalue weighted by molar-refractivity contribution is 0.102. The van der Waals surface area contributed by atoms with Crippen molar-refractivity contribution in [2.75, 3.05) is 25.5 Å². The lowest BCUT2D eigenvalue weighted by Gasteiger charge is -2.25. The van der Waals surface area contributed by atoms with Gasteiger partial charge in [-0.05, 0) is 48.2 Å². The molecule has 2 aromatic carbocycles. The van der Waals surface area contributed by atoms with E-state index in [-0.39, 0.29) is 22.6 Å². The molecule has 0 spiro atoms. The monoisotopic (exact) mass is 501 g/mol. The van der Waals surface area contributed by atoms with Crippen LogP contribution >= 0.6 is 11.3 Å². The highest BCUT2D eigenvalue weighted by molar-refractivity contribution is 7.89. The van der Waals surface area contributed by atoms with Crippen LogP contribution in [0.3, 0.4) is 0 Å². The molecular weight excluding hydrogens is 470 g/mol. The van der Waals surface area contributed by atoms with E-state index in [9.17, 15) is 13.2 Å². The molecule has 1 heterocycles. The van der Waals surface area contributed by atoms with Crippen molar-refractivity contribution in [3.63, 3.8) is 0 Å². The summed E-state index contributed by atoms with van der Waals surface area (Å²) in [5.74, 6) is 0.757. The number of anilines is 1. The number of nitrogens with one attached hydrogen (secondary N) is 1. The Morgan fingerprint density at radius 1 is 1.03 bits per heavy atom.